The summed E-state index contributed by atoms with van der Waals surface area (Å²) >= 11 is 0. The predicted octanol–water partition coefficient (Wildman–Crippen LogP) is 3.72. The van der Waals surface area contributed by atoms with E-state index in [1.54, 1.807) is 25.3 Å². The average molecular weight is 406 g/mol. The molecule has 1 fully saturated rings. The van der Waals surface area contributed by atoms with Crippen LogP contribution in [0.25, 0.3) is 5.57 Å². The molecular weight excluding hydrogens is 380 g/mol. The lowest BCUT2D eigenvalue weighted by Crippen LogP contribution is -2.38. The molecular formula is C24H26N2O4. The summed E-state index contributed by atoms with van der Waals surface area (Å²) in [6.45, 7) is 3.75. The van der Waals surface area contributed by atoms with Crippen LogP contribution in [0.5, 0.6) is 11.5 Å². The number of rotatable bonds is 5. The SMILES string of the molecule is COc1ccc(N2C(=O)C(c3ccccc3)=C(N3CCC(C)CC3)C2=O)c(OC)c1. The monoisotopic (exact) mass is 406 g/mol. The molecule has 0 atom stereocenters. The van der Waals surface area contributed by atoms with E-state index in [2.05, 4.69) is 11.8 Å². The first-order valence-electron chi connectivity index (χ1n) is 10.2. The van der Waals surface area contributed by atoms with Crippen LogP contribution in [0.3, 0.4) is 0 Å². The Kier molecular flexibility index (Phi) is 5.48. The minimum Gasteiger partial charge on any atom is -0.497 e. The lowest BCUT2D eigenvalue weighted by molar-refractivity contribution is -0.120. The quantitative estimate of drug-likeness (QED) is 0.709. The van der Waals surface area contributed by atoms with Crippen LogP contribution < -0.4 is 14.4 Å². The number of likely N-dealkylation sites (tertiary alicyclic amines) is 1. The minimum absolute atomic E-state index is 0.308. The van der Waals surface area contributed by atoms with Crippen molar-refractivity contribution in [2.75, 3.05) is 32.2 Å². The number of hydrogen-bond acceptors (Lipinski definition) is 5. The molecule has 2 amide bonds. The smallest absolute Gasteiger partial charge is 0.282 e. The van der Waals surface area contributed by atoms with E-state index in [0.717, 1.165) is 31.5 Å². The Hall–Kier alpha value is -3.28. The fourth-order valence-electron chi connectivity index (χ4n) is 4.10. The molecule has 2 aliphatic heterocycles. The maximum absolute atomic E-state index is 13.6. The number of ether oxygens (including phenoxy) is 2. The molecule has 4 rings (SSSR count). The van der Waals surface area contributed by atoms with Crippen molar-refractivity contribution < 1.29 is 19.1 Å². The molecule has 0 bridgehead atoms. The zero-order valence-corrected chi connectivity index (χ0v) is 17.6. The van der Waals surface area contributed by atoms with E-state index in [1.807, 2.05) is 30.3 Å². The van der Waals surface area contributed by atoms with Gasteiger partial charge in [0.2, 0.25) is 0 Å². The lowest BCUT2D eigenvalue weighted by atomic mass is 9.97. The number of amides is 2. The van der Waals surface area contributed by atoms with Gasteiger partial charge in [-0.1, -0.05) is 37.3 Å². The molecule has 0 spiro atoms. The van der Waals surface area contributed by atoms with Gasteiger partial charge >= 0.3 is 0 Å². The topological polar surface area (TPSA) is 59.1 Å². The van der Waals surface area contributed by atoms with Crippen molar-refractivity contribution in [3.63, 3.8) is 0 Å². The van der Waals surface area contributed by atoms with Gasteiger partial charge in [-0.05, 0) is 36.5 Å². The normalized spacial score (nSPS) is 17.7. The Labute approximate surface area is 176 Å². The Morgan fingerprint density at radius 3 is 2.23 bits per heavy atom. The highest BCUT2D eigenvalue weighted by molar-refractivity contribution is 6.45. The summed E-state index contributed by atoms with van der Waals surface area (Å²) in [7, 11) is 3.08. The number of nitrogens with zero attached hydrogens (tertiary/aromatic N) is 2. The Morgan fingerprint density at radius 1 is 0.900 bits per heavy atom. The first-order chi connectivity index (χ1) is 14.5. The highest BCUT2D eigenvalue weighted by atomic mass is 16.5. The van der Waals surface area contributed by atoms with Crippen molar-refractivity contribution in [2.45, 2.75) is 19.8 Å². The van der Waals surface area contributed by atoms with Gasteiger partial charge in [-0.15, -0.1) is 0 Å². The minimum atomic E-state index is -0.330. The molecule has 0 radical (unpaired) electrons. The van der Waals surface area contributed by atoms with E-state index in [1.165, 1.54) is 12.0 Å². The van der Waals surface area contributed by atoms with E-state index < -0.39 is 0 Å². The standard InChI is InChI=1S/C24H26N2O4/c1-16-11-13-25(14-12-16)22-21(17-7-5-4-6-8-17)23(27)26(24(22)28)19-10-9-18(29-2)15-20(19)30-3/h4-10,15-16H,11-14H2,1-3H3. The van der Waals surface area contributed by atoms with Crippen LogP contribution in [0, 0.1) is 5.92 Å². The van der Waals surface area contributed by atoms with E-state index >= 15 is 0 Å². The Bertz CT molecular complexity index is 992. The van der Waals surface area contributed by atoms with Crippen molar-refractivity contribution in [3.8, 4) is 11.5 Å². The number of imide groups is 1. The number of piperidine rings is 1. The molecule has 6 nitrogen and oxygen atoms in total. The summed E-state index contributed by atoms with van der Waals surface area (Å²) in [5.41, 5.74) is 2.10. The Morgan fingerprint density at radius 2 is 1.60 bits per heavy atom. The zero-order valence-electron chi connectivity index (χ0n) is 17.6. The van der Waals surface area contributed by atoms with Crippen LogP contribution in [0.2, 0.25) is 0 Å². The maximum Gasteiger partial charge on any atom is 0.282 e. The van der Waals surface area contributed by atoms with E-state index in [9.17, 15) is 9.59 Å². The molecule has 2 heterocycles. The van der Waals surface area contributed by atoms with Crippen molar-refractivity contribution in [1.29, 1.82) is 0 Å². The van der Waals surface area contributed by atoms with Gasteiger partial charge in [0.15, 0.2) is 0 Å². The average Bonchev–Trinajstić information content (AvgIpc) is 3.04. The van der Waals surface area contributed by atoms with Gasteiger partial charge in [0.25, 0.3) is 11.8 Å². The molecule has 6 heteroatoms. The van der Waals surface area contributed by atoms with Crippen molar-refractivity contribution in [2.24, 2.45) is 5.92 Å². The second kappa shape index (κ2) is 8.22. The lowest BCUT2D eigenvalue weighted by Gasteiger charge is -2.32. The highest BCUT2D eigenvalue weighted by Crippen LogP contribution is 2.40. The fraction of sp³-hybridized carbons (Fsp3) is 0.333. The predicted molar refractivity (Wildman–Crippen MR) is 115 cm³/mol. The van der Waals surface area contributed by atoms with Crippen LogP contribution in [0.1, 0.15) is 25.3 Å². The van der Waals surface area contributed by atoms with Gasteiger partial charge in [0, 0.05) is 19.2 Å². The summed E-state index contributed by atoms with van der Waals surface area (Å²) in [6.07, 6.45) is 2.00. The molecule has 2 aromatic carbocycles. The van der Waals surface area contributed by atoms with E-state index in [-0.39, 0.29) is 11.8 Å². The first kappa shape index (κ1) is 20.0. The molecule has 156 valence electrons. The van der Waals surface area contributed by atoms with Gasteiger partial charge in [-0.2, -0.15) is 0 Å². The highest BCUT2D eigenvalue weighted by Gasteiger charge is 2.43. The summed E-state index contributed by atoms with van der Waals surface area (Å²) in [5.74, 6) is 0.986. The third kappa shape index (κ3) is 3.43. The van der Waals surface area contributed by atoms with Gasteiger partial charge < -0.3 is 14.4 Å². The van der Waals surface area contributed by atoms with Crippen molar-refractivity contribution in [3.05, 3.63) is 59.8 Å². The van der Waals surface area contributed by atoms with Crippen LogP contribution in [-0.4, -0.2) is 44.0 Å². The summed E-state index contributed by atoms with van der Waals surface area (Å²) in [6, 6.07) is 14.5. The molecule has 2 aromatic rings. The van der Waals surface area contributed by atoms with E-state index in [4.69, 9.17) is 9.47 Å². The summed E-state index contributed by atoms with van der Waals surface area (Å²) in [4.78, 5) is 30.5. The fourth-order valence-corrected chi connectivity index (χ4v) is 4.10. The van der Waals surface area contributed by atoms with Gasteiger partial charge in [-0.25, -0.2) is 4.90 Å². The second-order valence-electron chi connectivity index (χ2n) is 7.74. The molecule has 1 saturated heterocycles. The molecule has 0 aromatic heterocycles. The number of benzene rings is 2. The number of carbonyl (C=O) groups is 2. The summed E-state index contributed by atoms with van der Waals surface area (Å²) in [5, 5.41) is 0. The molecule has 0 aliphatic carbocycles. The van der Waals surface area contributed by atoms with E-state index in [0.29, 0.717) is 34.4 Å². The van der Waals surface area contributed by atoms with Gasteiger partial charge in [0.1, 0.15) is 17.2 Å². The number of anilines is 1. The van der Waals surface area contributed by atoms with Crippen molar-refractivity contribution in [1.82, 2.24) is 4.90 Å². The summed E-state index contributed by atoms with van der Waals surface area (Å²) < 4.78 is 10.7. The van der Waals surface area contributed by atoms with Crippen LogP contribution >= 0.6 is 0 Å². The third-order valence-corrected chi connectivity index (χ3v) is 5.85. The van der Waals surface area contributed by atoms with Crippen LogP contribution in [-0.2, 0) is 9.59 Å². The molecule has 2 aliphatic rings. The Balaban J connectivity index is 1.81. The van der Waals surface area contributed by atoms with Gasteiger partial charge in [0.05, 0.1) is 25.5 Å². The van der Waals surface area contributed by atoms with Gasteiger partial charge in [-0.3, -0.25) is 9.59 Å². The molecule has 0 unspecified atom stereocenters. The molecule has 0 N–H and O–H groups in total. The number of methoxy groups -OCH3 is 2. The van der Waals surface area contributed by atoms with Crippen LogP contribution in [0.15, 0.2) is 54.2 Å². The maximum atomic E-state index is 13.6. The largest absolute Gasteiger partial charge is 0.497 e. The first-order valence-corrected chi connectivity index (χ1v) is 10.2. The molecule has 30 heavy (non-hydrogen) atoms. The second-order valence-corrected chi connectivity index (χ2v) is 7.74. The zero-order chi connectivity index (χ0) is 21.3. The van der Waals surface area contributed by atoms with Crippen molar-refractivity contribution >= 4 is 23.1 Å². The number of carbonyl (C=O) groups excluding carboxylic acids is 2. The van der Waals surface area contributed by atoms with Crippen LogP contribution in [0.4, 0.5) is 5.69 Å². The third-order valence-electron chi connectivity index (χ3n) is 5.85. The number of hydrogen-bond donors (Lipinski definition) is 0. The molecule has 0 saturated carbocycles.